The summed E-state index contributed by atoms with van der Waals surface area (Å²) in [6, 6.07) is 8.47. The van der Waals surface area contributed by atoms with E-state index in [0.717, 1.165) is 51.4 Å². The van der Waals surface area contributed by atoms with E-state index in [-0.39, 0.29) is 41.3 Å². The van der Waals surface area contributed by atoms with E-state index in [1.54, 1.807) is 16.4 Å². The SMILES string of the molecule is O=C1C[C@H]2C[C@H]1[C@@H]1C(=O)N(C[C@@H]3CCCC[C@H]3CN3CCN(c4nsc5ccccc45)CC3)C(=O)[C@H]21. The summed E-state index contributed by atoms with van der Waals surface area (Å²) < 4.78 is 5.99. The van der Waals surface area contributed by atoms with Gasteiger partial charge in [-0.3, -0.25) is 24.2 Å². The first kappa shape index (κ1) is 22.8. The molecule has 1 aromatic carbocycles. The zero-order valence-electron chi connectivity index (χ0n) is 20.7. The number of carbonyl (C=O) groups is 3. The summed E-state index contributed by atoms with van der Waals surface area (Å²) in [5.74, 6) is 1.58. The van der Waals surface area contributed by atoms with Gasteiger partial charge in [0.1, 0.15) is 11.6 Å². The molecule has 5 fully saturated rings. The van der Waals surface area contributed by atoms with E-state index >= 15 is 0 Å². The van der Waals surface area contributed by atoms with Gasteiger partial charge in [0.2, 0.25) is 11.8 Å². The van der Waals surface area contributed by atoms with Crippen LogP contribution in [0.5, 0.6) is 0 Å². The Morgan fingerprint density at radius 1 is 0.889 bits per heavy atom. The molecule has 3 heterocycles. The molecule has 0 unspecified atom stereocenters. The first-order valence-corrected chi connectivity index (χ1v) is 14.6. The highest BCUT2D eigenvalue weighted by Crippen LogP contribution is 2.54. The first-order chi connectivity index (χ1) is 17.6. The lowest BCUT2D eigenvalue weighted by Crippen LogP contribution is -2.49. The highest BCUT2D eigenvalue weighted by Gasteiger charge is 2.64. The van der Waals surface area contributed by atoms with Crippen molar-refractivity contribution in [3.8, 4) is 0 Å². The van der Waals surface area contributed by atoms with Crippen LogP contribution >= 0.6 is 11.5 Å². The Morgan fingerprint density at radius 3 is 2.42 bits per heavy atom. The third-order valence-electron chi connectivity index (χ3n) is 9.87. The number of anilines is 1. The lowest BCUT2D eigenvalue weighted by molar-refractivity contribution is -0.142. The molecule has 0 radical (unpaired) electrons. The van der Waals surface area contributed by atoms with Gasteiger partial charge in [-0.25, -0.2) is 0 Å². The van der Waals surface area contributed by atoms with Gasteiger partial charge in [0, 0.05) is 57.0 Å². The Bertz CT molecular complexity index is 1200. The average molecular weight is 507 g/mol. The number of amides is 2. The van der Waals surface area contributed by atoms with Gasteiger partial charge in [0.15, 0.2) is 0 Å². The van der Waals surface area contributed by atoms with Gasteiger partial charge in [0.25, 0.3) is 0 Å². The number of Topliss-reactive ketones (excluding diaryl/α,β-unsaturated/α-hetero) is 1. The van der Waals surface area contributed by atoms with E-state index in [9.17, 15) is 14.4 Å². The van der Waals surface area contributed by atoms with Crippen LogP contribution in [-0.4, -0.2) is 71.0 Å². The van der Waals surface area contributed by atoms with Gasteiger partial charge in [-0.1, -0.05) is 25.0 Å². The Balaban J connectivity index is 0.990. The van der Waals surface area contributed by atoms with E-state index in [4.69, 9.17) is 4.37 Å². The smallest absolute Gasteiger partial charge is 0.233 e. The number of hydrogen-bond acceptors (Lipinski definition) is 7. The normalized spacial score (nSPS) is 34.8. The second-order valence-corrected chi connectivity index (χ2v) is 12.5. The number of hydrogen-bond donors (Lipinski definition) is 0. The summed E-state index contributed by atoms with van der Waals surface area (Å²) in [6.07, 6.45) is 5.94. The predicted molar refractivity (Wildman–Crippen MR) is 139 cm³/mol. The second kappa shape index (κ2) is 8.91. The highest BCUT2D eigenvalue weighted by atomic mass is 32.1. The van der Waals surface area contributed by atoms with E-state index in [1.807, 2.05) is 0 Å². The van der Waals surface area contributed by atoms with Crippen molar-refractivity contribution in [2.45, 2.75) is 38.5 Å². The van der Waals surface area contributed by atoms with Crippen LogP contribution < -0.4 is 4.90 Å². The lowest BCUT2D eigenvalue weighted by atomic mass is 9.78. The van der Waals surface area contributed by atoms with Gasteiger partial charge >= 0.3 is 0 Å². The van der Waals surface area contributed by atoms with E-state index in [2.05, 4.69) is 34.1 Å². The number of ketones is 1. The number of rotatable bonds is 5. The molecule has 2 aliphatic heterocycles. The molecule has 6 atom stereocenters. The molecule has 190 valence electrons. The molecule has 0 spiro atoms. The molecule has 7 nitrogen and oxygen atoms in total. The summed E-state index contributed by atoms with van der Waals surface area (Å²) in [6.45, 7) is 5.61. The number of aromatic nitrogens is 1. The largest absolute Gasteiger partial charge is 0.353 e. The van der Waals surface area contributed by atoms with Gasteiger partial charge in [-0.2, -0.15) is 4.37 Å². The van der Waals surface area contributed by atoms with Crippen molar-refractivity contribution in [1.82, 2.24) is 14.2 Å². The minimum atomic E-state index is -0.347. The monoisotopic (exact) mass is 506 g/mol. The Hall–Kier alpha value is -2.32. The predicted octanol–water partition coefficient (Wildman–Crippen LogP) is 3.43. The number of nitrogens with zero attached hydrogens (tertiary/aromatic N) is 4. The Morgan fingerprint density at radius 2 is 1.61 bits per heavy atom. The molecule has 3 aliphatic carbocycles. The molecule has 8 heteroatoms. The Labute approximate surface area is 216 Å². The number of imide groups is 1. The molecule has 3 saturated carbocycles. The summed E-state index contributed by atoms with van der Waals surface area (Å²) in [5, 5.41) is 1.25. The van der Waals surface area contributed by atoms with Crippen molar-refractivity contribution in [2.75, 3.05) is 44.2 Å². The zero-order chi connectivity index (χ0) is 24.4. The van der Waals surface area contributed by atoms with Crippen LogP contribution in [0.1, 0.15) is 38.5 Å². The number of carbonyl (C=O) groups excluding carboxylic acids is 3. The summed E-state index contributed by atoms with van der Waals surface area (Å²) >= 11 is 1.58. The van der Waals surface area contributed by atoms with Crippen molar-refractivity contribution < 1.29 is 14.4 Å². The van der Waals surface area contributed by atoms with Gasteiger partial charge in [0.05, 0.1) is 16.5 Å². The van der Waals surface area contributed by atoms with Crippen LogP contribution in [-0.2, 0) is 14.4 Å². The summed E-state index contributed by atoms with van der Waals surface area (Å²) in [5.41, 5.74) is 0. The quantitative estimate of drug-likeness (QED) is 0.579. The number of fused-ring (bicyclic) bond motifs is 6. The molecule has 1 aromatic heterocycles. The van der Waals surface area contributed by atoms with Gasteiger partial charge < -0.3 is 4.90 Å². The van der Waals surface area contributed by atoms with Crippen molar-refractivity contribution in [3.05, 3.63) is 24.3 Å². The average Bonchev–Trinajstić information content (AvgIpc) is 3.64. The standard InChI is InChI=1S/C28H34N4O3S/c33-22-14-19-13-21(22)25-24(19)27(34)32(28(25)35)16-18-6-2-1-5-17(18)15-30-9-11-31(12-10-30)26-20-7-3-4-8-23(20)36-29-26/h3-4,7-8,17-19,21,24-25H,1-2,5-6,9-16H2/t17-,18-,19+,21+,24+,25-/m0/s1. The van der Waals surface area contributed by atoms with E-state index in [0.29, 0.717) is 24.8 Å². The number of likely N-dealkylation sites (tertiary alicyclic amines) is 1. The minimum Gasteiger partial charge on any atom is -0.353 e. The molecule has 0 N–H and O–H groups in total. The van der Waals surface area contributed by atoms with Crippen LogP contribution in [0.4, 0.5) is 5.82 Å². The highest BCUT2D eigenvalue weighted by molar-refractivity contribution is 7.13. The maximum absolute atomic E-state index is 13.3. The third kappa shape index (κ3) is 3.63. The lowest BCUT2D eigenvalue weighted by Gasteiger charge is -2.40. The molecular weight excluding hydrogens is 472 g/mol. The summed E-state index contributed by atoms with van der Waals surface area (Å²) in [7, 11) is 0. The number of benzene rings is 1. The summed E-state index contributed by atoms with van der Waals surface area (Å²) in [4.78, 5) is 45.4. The molecule has 7 rings (SSSR count). The van der Waals surface area contributed by atoms with E-state index < -0.39 is 0 Å². The zero-order valence-corrected chi connectivity index (χ0v) is 21.5. The molecule has 36 heavy (non-hydrogen) atoms. The van der Waals surface area contributed by atoms with Crippen LogP contribution in [0, 0.1) is 35.5 Å². The number of piperazine rings is 1. The van der Waals surface area contributed by atoms with Crippen LogP contribution in [0.15, 0.2) is 24.3 Å². The van der Waals surface area contributed by atoms with Crippen LogP contribution in [0.3, 0.4) is 0 Å². The third-order valence-corrected chi connectivity index (χ3v) is 10.7. The maximum Gasteiger partial charge on any atom is 0.233 e. The molecule has 2 aromatic rings. The van der Waals surface area contributed by atoms with Crippen LogP contribution in [0.25, 0.3) is 10.1 Å². The fourth-order valence-electron chi connectivity index (χ4n) is 8.02. The van der Waals surface area contributed by atoms with Crippen LogP contribution in [0.2, 0.25) is 0 Å². The van der Waals surface area contributed by atoms with Crippen molar-refractivity contribution in [3.63, 3.8) is 0 Å². The first-order valence-electron chi connectivity index (χ1n) is 13.8. The van der Waals surface area contributed by atoms with Crippen molar-refractivity contribution >= 4 is 45.0 Å². The van der Waals surface area contributed by atoms with E-state index in [1.165, 1.54) is 29.3 Å². The van der Waals surface area contributed by atoms with Gasteiger partial charge in [-0.05, 0) is 60.7 Å². The Kier molecular flexibility index (Phi) is 5.65. The van der Waals surface area contributed by atoms with Crippen molar-refractivity contribution in [1.29, 1.82) is 0 Å². The van der Waals surface area contributed by atoms with Gasteiger partial charge in [-0.15, -0.1) is 0 Å². The molecule has 5 aliphatic rings. The molecular formula is C28H34N4O3S. The maximum atomic E-state index is 13.3. The fraction of sp³-hybridized carbons (Fsp3) is 0.643. The fourth-order valence-corrected chi connectivity index (χ4v) is 8.81. The van der Waals surface area contributed by atoms with Crippen molar-refractivity contribution in [2.24, 2.45) is 35.5 Å². The molecule has 2 bridgehead atoms. The molecule has 2 saturated heterocycles. The topological polar surface area (TPSA) is 73.8 Å². The minimum absolute atomic E-state index is 0.0263. The molecule has 2 amide bonds. The second-order valence-electron chi connectivity index (χ2n) is 11.7.